The van der Waals surface area contributed by atoms with Gasteiger partial charge in [0.05, 0.1) is 17.5 Å². The van der Waals surface area contributed by atoms with E-state index in [1.54, 1.807) is 11.3 Å². The first-order chi connectivity index (χ1) is 8.25. The maximum atomic E-state index is 11.7. The van der Waals surface area contributed by atoms with Gasteiger partial charge in [-0.25, -0.2) is 4.98 Å². The van der Waals surface area contributed by atoms with Gasteiger partial charge in [0.2, 0.25) is 5.91 Å². The van der Waals surface area contributed by atoms with Gasteiger partial charge in [-0.1, -0.05) is 0 Å². The Morgan fingerprint density at radius 1 is 1.71 bits per heavy atom. The number of ether oxygens (including phenoxy) is 1. The van der Waals surface area contributed by atoms with Gasteiger partial charge < -0.3 is 10.1 Å². The van der Waals surface area contributed by atoms with Crippen molar-refractivity contribution in [2.75, 3.05) is 19.8 Å². The predicted molar refractivity (Wildman–Crippen MR) is 67.1 cm³/mol. The van der Waals surface area contributed by atoms with Crippen molar-refractivity contribution in [3.8, 4) is 0 Å². The van der Waals surface area contributed by atoms with Crippen LogP contribution in [0, 0.1) is 12.8 Å². The van der Waals surface area contributed by atoms with Crippen molar-refractivity contribution >= 4 is 17.2 Å². The molecule has 1 saturated heterocycles. The monoisotopic (exact) mass is 254 g/mol. The Kier molecular flexibility index (Phi) is 4.50. The van der Waals surface area contributed by atoms with Gasteiger partial charge in [-0.05, 0) is 19.8 Å². The summed E-state index contributed by atoms with van der Waals surface area (Å²) >= 11 is 1.69. The smallest absolute Gasteiger partial charge is 0.225 e. The Morgan fingerprint density at radius 3 is 3.24 bits per heavy atom. The summed E-state index contributed by atoms with van der Waals surface area (Å²) in [6.07, 6.45) is 2.75. The zero-order chi connectivity index (χ0) is 12.1. The molecule has 1 aromatic rings. The number of aryl methyl sites for hydroxylation is 2. The highest BCUT2D eigenvalue weighted by atomic mass is 32.1. The van der Waals surface area contributed by atoms with E-state index < -0.39 is 0 Å². The number of rotatable bonds is 5. The van der Waals surface area contributed by atoms with Gasteiger partial charge in [0.1, 0.15) is 0 Å². The van der Waals surface area contributed by atoms with Crippen molar-refractivity contribution in [3.63, 3.8) is 0 Å². The summed E-state index contributed by atoms with van der Waals surface area (Å²) in [7, 11) is 0. The summed E-state index contributed by atoms with van der Waals surface area (Å²) in [5.74, 6) is 0.204. The van der Waals surface area contributed by atoms with Crippen LogP contribution in [0.4, 0.5) is 0 Å². The normalized spacial score (nSPS) is 19.5. The molecule has 17 heavy (non-hydrogen) atoms. The van der Waals surface area contributed by atoms with Crippen LogP contribution in [0.2, 0.25) is 0 Å². The highest BCUT2D eigenvalue weighted by Gasteiger charge is 2.22. The summed E-state index contributed by atoms with van der Waals surface area (Å²) < 4.78 is 5.19. The molecule has 2 rings (SSSR count). The quantitative estimate of drug-likeness (QED) is 0.811. The fourth-order valence-corrected chi connectivity index (χ4v) is 2.67. The highest BCUT2D eigenvalue weighted by molar-refractivity contribution is 7.09. The van der Waals surface area contributed by atoms with E-state index in [0.29, 0.717) is 6.61 Å². The molecule has 1 amide bonds. The average Bonchev–Trinajstić information content (AvgIpc) is 2.95. The molecule has 0 aromatic carbocycles. The fraction of sp³-hybridized carbons (Fsp3) is 0.667. The third-order valence-electron chi connectivity index (χ3n) is 2.83. The van der Waals surface area contributed by atoms with E-state index in [9.17, 15) is 4.79 Å². The van der Waals surface area contributed by atoms with E-state index in [0.717, 1.165) is 43.1 Å². The van der Waals surface area contributed by atoms with Crippen LogP contribution in [0.25, 0.3) is 0 Å². The number of nitrogens with zero attached hydrogens (tertiary/aromatic N) is 1. The molecule has 4 nitrogen and oxygen atoms in total. The van der Waals surface area contributed by atoms with Crippen molar-refractivity contribution < 1.29 is 9.53 Å². The molecule has 0 saturated carbocycles. The van der Waals surface area contributed by atoms with Gasteiger partial charge in [-0.3, -0.25) is 4.79 Å². The SMILES string of the molecule is Cc1csc(CCCNC(=O)C2CCOC2)n1. The summed E-state index contributed by atoms with van der Waals surface area (Å²) in [5, 5.41) is 6.17. The van der Waals surface area contributed by atoms with Crippen LogP contribution in [0.15, 0.2) is 5.38 Å². The molecule has 5 heteroatoms. The summed E-state index contributed by atoms with van der Waals surface area (Å²) in [4.78, 5) is 16.0. The standard InChI is InChI=1S/C12H18N2O2S/c1-9-8-17-11(14-9)3-2-5-13-12(15)10-4-6-16-7-10/h8,10H,2-7H2,1H3,(H,13,15). The number of carbonyl (C=O) groups excluding carboxylic acids is 1. The number of nitrogens with one attached hydrogen (secondary N) is 1. The van der Waals surface area contributed by atoms with Gasteiger partial charge in [0.25, 0.3) is 0 Å². The van der Waals surface area contributed by atoms with Crippen LogP contribution < -0.4 is 5.32 Å². The van der Waals surface area contributed by atoms with E-state index in [4.69, 9.17) is 4.74 Å². The Morgan fingerprint density at radius 2 is 2.59 bits per heavy atom. The number of hydrogen-bond acceptors (Lipinski definition) is 4. The molecule has 0 bridgehead atoms. The largest absolute Gasteiger partial charge is 0.381 e. The third kappa shape index (κ3) is 3.78. The minimum Gasteiger partial charge on any atom is -0.381 e. The summed E-state index contributed by atoms with van der Waals surface area (Å²) in [6.45, 7) is 4.03. The minimum absolute atomic E-state index is 0.0668. The summed E-state index contributed by atoms with van der Waals surface area (Å²) in [6, 6.07) is 0. The Labute approximate surface area is 105 Å². The molecule has 94 valence electrons. The maximum Gasteiger partial charge on any atom is 0.225 e. The second-order valence-electron chi connectivity index (χ2n) is 4.34. The minimum atomic E-state index is 0.0668. The molecule has 0 aliphatic carbocycles. The van der Waals surface area contributed by atoms with Gasteiger partial charge in [-0.15, -0.1) is 11.3 Å². The van der Waals surface area contributed by atoms with Crippen LogP contribution in [0.3, 0.4) is 0 Å². The lowest BCUT2D eigenvalue weighted by Crippen LogP contribution is -2.31. The lowest BCUT2D eigenvalue weighted by molar-refractivity contribution is -0.124. The first kappa shape index (κ1) is 12.5. The van der Waals surface area contributed by atoms with E-state index in [2.05, 4.69) is 15.7 Å². The lowest BCUT2D eigenvalue weighted by Gasteiger charge is -2.08. The maximum absolute atomic E-state index is 11.7. The predicted octanol–water partition coefficient (Wildman–Crippen LogP) is 1.54. The van der Waals surface area contributed by atoms with Crippen molar-refractivity contribution in [1.29, 1.82) is 0 Å². The molecule has 1 aliphatic heterocycles. The van der Waals surface area contributed by atoms with Crippen LogP contribution in [0.1, 0.15) is 23.5 Å². The zero-order valence-corrected chi connectivity index (χ0v) is 10.9. The second kappa shape index (κ2) is 6.12. The third-order valence-corrected chi connectivity index (χ3v) is 3.86. The molecular formula is C12H18N2O2S. The topological polar surface area (TPSA) is 51.2 Å². The molecule has 1 aromatic heterocycles. The number of thiazole rings is 1. The van der Waals surface area contributed by atoms with E-state index in [1.807, 2.05) is 6.92 Å². The molecule has 1 aliphatic rings. The number of amides is 1. The average molecular weight is 254 g/mol. The van der Waals surface area contributed by atoms with Crippen LogP contribution in [-0.2, 0) is 16.0 Å². The van der Waals surface area contributed by atoms with Crippen LogP contribution in [-0.4, -0.2) is 30.6 Å². The molecule has 2 heterocycles. The molecule has 0 radical (unpaired) electrons. The van der Waals surface area contributed by atoms with Gasteiger partial charge in [0, 0.05) is 30.6 Å². The summed E-state index contributed by atoms with van der Waals surface area (Å²) in [5.41, 5.74) is 1.08. The Bertz CT molecular complexity index is 372. The van der Waals surface area contributed by atoms with Crippen molar-refractivity contribution in [3.05, 3.63) is 16.1 Å². The first-order valence-corrected chi connectivity index (χ1v) is 6.90. The Hall–Kier alpha value is -0.940. The van der Waals surface area contributed by atoms with Gasteiger partial charge in [0.15, 0.2) is 0 Å². The van der Waals surface area contributed by atoms with Crippen molar-refractivity contribution in [2.24, 2.45) is 5.92 Å². The van der Waals surface area contributed by atoms with Gasteiger partial charge in [-0.2, -0.15) is 0 Å². The molecule has 1 fully saturated rings. The number of aromatic nitrogens is 1. The van der Waals surface area contributed by atoms with Crippen molar-refractivity contribution in [2.45, 2.75) is 26.2 Å². The number of carbonyl (C=O) groups is 1. The lowest BCUT2D eigenvalue weighted by atomic mass is 10.1. The van der Waals surface area contributed by atoms with E-state index >= 15 is 0 Å². The Balaban J connectivity index is 1.61. The first-order valence-electron chi connectivity index (χ1n) is 6.02. The fourth-order valence-electron chi connectivity index (χ4n) is 1.85. The van der Waals surface area contributed by atoms with E-state index in [-0.39, 0.29) is 11.8 Å². The molecular weight excluding hydrogens is 236 g/mol. The van der Waals surface area contributed by atoms with Crippen molar-refractivity contribution in [1.82, 2.24) is 10.3 Å². The van der Waals surface area contributed by atoms with Gasteiger partial charge >= 0.3 is 0 Å². The molecule has 0 spiro atoms. The highest BCUT2D eigenvalue weighted by Crippen LogP contribution is 2.12. The zero-order valence-electron chi connectivity index (χ0n) is 10.1. The van der Waals surface area contributed by atoms with Crippen LogP contribution >= 0.6 is 11.3 Å². The molecule has 1 N–H and O–H groups in total. The van der Waals surface area contributed by atoms with E-state index in [1.165, 1.54) is 0 Å². The molecule has 1 unspecified atom stereocenters. The van der Waals surface area contributed by atoms with Crippen LogP contribution in [0.5, 0.6) is 0 Å². The second-order valence-corrected chi connectivity index (χ2v) is 5.28. The number of hydrogen-bond donors (Lipinski definition) is 1. The molecule has 1 atom stereocenters.